The topological polar surface area (TPSA) is 85.3 Å². The second-order valence-corrected chi connectivity index (χ2v) is 6.78. The summed E-state index contributed by atoms with van der Waals surface area (Å²) in [7, 11) is 0. The van der Waals surface area contributed by atoms with Gasteiger partial charge in [-0.15, -0.1) is 0 Å². The van der Waals surface area contributed by atoms with E-state index in [2.05, 4.69) is 20.6 Å². The van der Waals surface area contributed by atoms with Crippen LogP contribution in [0.15, 0.2) is 106 Å². The summed E-state index contributed by atoms with van der Waals surface area (Å²) >= 11 is 0. The first-order valence-electron chi connectivity index (χ1n) is 9.66. The lowest BCUT2D eigenvalue weighted by Gasteiger charge is -2.01. The summed E-state index contributed by atoms with van der Waals surface area (Å²) in [6, 6.07) is 24.4. The summed E-state index contributed by atoms with van der Waals surface area (Å²) in [5.41, 5.74) is 5.34. The molecule has 3 aromatic heterocycles. The Kier molecular flexibility index (Phi) is 4.82. The van der Waals surface area contributed by atoms with Crippen LogP contribution < -0.4 is 11.1 Å². The number of hydrazone groups is 1. The third kappa shape index (κ3) is 3.84. The summed E-state index contributed by atoms with van der Waals surface area (Å²) in [5.74, 6) is 0.612. The van der Waals surface area contributed by atoms with Crippen molar-refractivity contribution in [2.24, 2.45) is 5.10 Å². The molecule has 0 saturated carbocycles. The van der Waals surface area contributed by atoms with Gasteiger partial charge in [0.1, 0.15) is 17.1 Å². The van der Waals surface area contributed by atoms with Crippen LogP contribution in [-0.4, -0.2) is 21.0 Å². The Labute approximate surface area is 177 Å². The maximum absolute atomic E-state index is 12.7. The van der Waals surface area contributed by atoms with Crippen LogP contribution in [0.4, 0.5) is 5.82 Å². The molecule has 5 rings (SSSR count). The lowest BCUT2D eigenvalue weighted by molar-refractivity contribution is 0.563. The summed E-state index contributed by atoms with van der Waals surface area (Å²) in [4.78, 5) is 16.9. The minimum absolute atomic E-state index is 0.368. The summed E-state index contributed by atoms with van der Waals surface area (Å²) in [6.07, 6.45) is 5.12. The van der Waals surface area contributed by atoms with Crippen LogP contribution in [0, 0.1) is 0 Å². The van der Waals surface area contributed by atoms with Gasteiger partial charge in [-0.3, -0.25) is 5.43 Å². The van der Waals surface area contributed by atoms with Crippen molar-refractivity contribution >= 4 is 23.0 Å². The number of anilines is 1. The largest absolute Gasteiger partial charge is 0.422 e. The molecule has 3 heterocycles. The lowest BCUT2D eigenvalue weighted by atomic mass is 10.1. The molecule has 7 heteroatoms. The van der Waals surface area contributed by atoms with Gasteiger partial charge in [0.2, 0.25) is 0 Å². The predicted octanol–water partition coefficient (Wildman–Crippen LogP) is 4.49. The molecule has 1 N–H and O–H groups in total. The molecule has 0 atom stereocenters. The minimum atomic E-state index is -0.454. The number of benzene rings is 2. The minimum Gasteiger partial charge on any atom is -0.422 e. The van der Waals surface area contributed by atoms with Crippen LogP contribution >= 0.6 is 0 Å². The molecule has 0 bridgehead atoms. The van der Waals surface area contributed by atoms with Crippen LogP contribution in [-0.2, 0) is 0 Å². The van der Waals surface area contributed by atoms with Gasteiger partial charge in [-0.2, -0.15) is 10.2 Å². The monoisotopic (exact) mass is 407 g/mol. The third-order valence-corrected chi connectivity index (χ3v) is 4.71. The summed E-state index contributed by atoms with van der Waals surface area (Å²) in [5, 5.41) is 9.76. The highest BCUT2D eigenvalue weighted by molar-refractivity contribution is 5.91. The van der Waals surface area contributed by atoms with E-state index in [0.717, 1.165) is 11.1 Å². The molecule has 0 fully saturated rings. The fourth-order valence-electron chi connectivity index (χ4n) is 3.23. The zero-order valence-electron chi connectivity index (χ0n) is 16.3. The molecule has 0 aliphatic heterocycles. The predicted molar refractivity (Wildman–Crippen MR) is 120 cm³/mol. The van der Waals surface area contributed by atoms with Gasteiger partial charge in [0, 0.05) is 23.3 Å². The van der Waals surface area contributed by atoms with Crippen LogP contribution in [0.5, 0.6) is 0 Å². The Bertz CT molecular complexity index is 1420. The number of hydrogen-bond donors (Lipinski definition) is 1. The molecule has 0 amide bonds. The molecule has 0 aliphatic carbocycles. The summed E-state index contributed by atoms with van der Waals surface area (Å²) in [6.45, 7) is 0. The first-order chi connectivity index (χ1) is 15.3. The molecule has 31 heavy (non-hydrogen) atoms. The number of hydrogen-bond acceptors (Lipinski definition) is 6. The van der Waals surface area contributed by atoms with Crippen molar-refractivity contribution in [3.8, 4) is 16.9 Å². The van der Waals surface area contributed by atoms with E-state index in [4.69, 9.17) is 4.42 Å². The quantitative estimate of drug-likeness (QED) is 0.264. The molecule has 0 radical (unpaired) electrons. The molecule has 0 aliphatic rings. The number of rotatable bonds is 5. The number of fused-ring (bicyclic) bond motifs is 1. The molecule has 5 aromatic rings. The molecule has 2 aromatic carbocycles. The standard InChI is InChI=1S/C24H17N5O2/c30-24-20(14-17-8-4-5-11-21(17)31-24)23-18(15-26-27-22-12-6-7-13-25-22)16-29(28-23)19-9-2-1-3-10-19/h1-16H,(H,25,27). The van der Waals surface area contributed by atoms with E-state index >= 15 is 0 Å². The molecule has 0 spiro atoms. The lowest BCUT2D eigenvalue weighted by Crippen LogP contribution is -2.05. The maximum Gasteiger partial charge on any atom is 0.345 e. The van der Waals surface area contributed by atoms with Crippen LogP contribution in [0.3, 0.4) is 0 Å². The van der Waals surface area contributed by atoms with Crippen molar-refractivity contribution in [2.75, 3.05) is 5.43 Å². The van der Waals surface area contributed by atoms with E-state index in [1.165, 1.54) is 0 Å². The Balaban J connectivity index is 1.60. The van der Waals surface area contributed by atoms with Gasteiger partial charge in [-0.25, -0.2) is 14.5 Å². The molecule has 150 valence electrons. The SMILES string of the molecule is O=c1oc2ccccc2cc1-c1nn(-c2ccccc2)cc1C=NNc1ccccn1. The normalized spacial score (nSPS) is 11.2. The average molecular weight is 407 g/mol. The van der Waals surface area contributed by atoms with Crippen molar-refractivity contribution < 1.29 is 4.42 Å². The van der Waals surface area contributed by atoms with E-state index in [0.29, 0.717) is 28.2 Å². The van der Waals surface area contributed by atoms with Crippen LogP contribution in [0.2, 0.25) is 0 Å². The van der Waals surface area contributed by atoms with Crippen LogP contribution in [0.25, 0.3) is 27.9 Å². The van der Waals surface area contributed by atoms with E-state index in [1.807, 2.05) is 72.9 Å². The molecule has 0 saturated heterocycles. The first kappa shape index (κ1) is 18.5. The van der Waals surface area contributed by atoms with E-state index in [9.17, 15) is 4.79 Å². The van der Waals surface area contributed by atoms with Gasteiger partial charge in [-0.05, 0) is 36.4 Å². The smallest absolute Gasteiger partial charge is 0.345 e. The number of nitrogens with zero attached hydrogens (tertiary/aromatic N) is 4. The van der Waals surface area contributed by atoms with Crippen molar-refractivity contribution in [2.45, 2.75) is 0 Å². The number of para-hydroxylation sites is 2. The zero-order chi connectivity index (χ0) is 21.0. The van der Waals surface area contributed by atoms with Gasteiger partial charge >= 0.3 is 5.63 Å². The Morgan fingerprint density at radius 1 is 0.968 bits per heavy atom. The molecule has 0 unspecified atom stereocenters. The zero-order valence-corrected chi connectivity index (χ0v) is 16.3. The van der Waals surface area contributed by atoms with Gasteiger partial charge in [0.15, 0.2) is 0 Å². The number of nitrogens with one attached hydrogen (secondary N) is 1. The van der Waals surface area contributed by atoms with E-state index in [-0.39, 0.29) is 0 Å². The van der Waals surface area contributed by atoms with Crippen molar-refractivity contribution in [3.05, 3.63) is 107 Å². The maximum atomic E-state index is 12.7. The van der Waals surface area contributed by atoms with Crippen molar-refractivity contribution in [1.29, 1.82) is 0 Å². The van der Waals surface area contributed by atoms with Gasteiger partial charge in [0.25, 0.3) is 0 Å². The summed E-state index contributed by atoms with van der Waals surface area (Å²) < 4.78 is 7.23. The highest BCUT2D eigenvalue weighted by Crippen LogP contribution is 2.23. The Morgan fingerprint density at radius 2 is 1.77 bits per heavy atom. The first-order valence-corrected chi connectivity index (χ1v) is 9.66. The fourth-order valence-corrected chi connectivity index (χ4v) is 3.23. The van der Waals surface area contributed by atoms with Crippen molar-refractivity contribution in [1.82, 2.24) is 14.8 Å². The van der Waals surface area contributed by atoms with E-state index in [1.54, 1.807) is 29.2 Å². The van der Waals surface area contributed by atoms with Gasteiger partial charge in [0.05, 0.1) is 17.5 Å². The van der Waals surface area contributed by atoms with E-state index < -0.39 is 5.63 Å². The molecular formula is C24H17N5O2. The Morgan fingerprint density at radius 3 is 2.61 bits per heavy atom. The second-order valence-electron chi connectivity index (χ2n) is 6.78. The fraction of sp³-hybridized carbons (Fsp3) is 0. The van der Waals surface area contributed by atoms with Crippen molar-refractivity contribution in [3.63, 3.8) is 0 Å². The van der Waals surface area contributed by atoms with Gasteiger partial charge in [-0.1, -0.05) is 42.5 Å². The second kappa shape index (κ2) is 8.08. The average Bonchev–Trinajstić information content (AvgIpc) is 3.24. The Hall–Kier alpha value is -4.52. The van der Waals surface area contributed by atoms with Gasteiger partial charge < -0.3 is 4.42 Å². The number of aromatic nitrogens is 3. The van der Waals surface area contributed by atoms with Crippen LogP contribution in [0.1, 0.15) is 5.56 Å². The molecular weight excluding hydrogens is 390 g/mol. The molecule has 7 nitrogen and oxygen atoms in total. The highest BCUT2D eigenvalue weighted by Gasteiger charge is 2.16. The third-order valence-electron chi connectivity index (χ3n) is 4.71. The highest BCUT2D eigenvalue weighted by atomic mass is 16.4. The number of pyridine rings is 1.